The molecule has 4 rings (SSSR count). The van der Waals surface area contributed by atoms with Crippen molar-refractivity contribution in [3.63, 3.8) is 0 Å². The molecule has 0 saturated heterocycles. The average molecular weight is 459 g/mol. The summed E-state index contributed by atoms with van der Waals surface area (Å²) in [5, 5.41) is 8.78. The summed E-state index contributed by atoms with van der Waals surface area (Å²) in [5.41, 5.74) is 1.28. The minimum atomic E-state index is -3.93. The third-order valence-corrected chi connectivity index (χ3v) is 7.11. The first-order chi connectivity index (χ1) is 14.8. The first-order valence-electron chi connectivity index (χ1n) is 10.2. The molecule has 0 atom stereocenters. The van der Waals surface area contributed by atoms with Gasteiger partial charge in [0.05, 0.1) is 10.9 Å². The zero-order valence-corrected chi connectivity index (χ0v) is 18.7. The highest BCUT2D eigenvalue weighted by Crippen LogP contribution is 2.32. The van der Waals surface area contributed by atoms with Crippen molar-refractivity contribution in [3.8, 4) is 0 Å². The van der Waals surface area contributed by atoms with Crippen LogP contribution < -0.4 is 4.72 Å². The Kier molecular flexibility index (Phi) is 6.11. The second kappa shape index (κ2) is 8.80. The summed E-state index contributed by atoms with van der Waals surface area (Å²) < 4.78 is 30.3. The minimum Gasteiger partial charge on any atom is -0.287 e. The van der Waals surface area contributed by atoms with Crippen LogP contribution in [0.2, 0.25) is 5.02 Å². The topological polar surface area (TPSA) is 93.9 Å². The summed E-state index contributed by atoms with van der Waals surface area (Å²) in [6.45, 7) is 1.88. The number of carbonyl (C=O) groups excluding carboxylic acids is 1. The standard InChI is InChI=1S/C22H23ClN4O3S/c1-15-7-13-19(14-8-15)31(29,30)25-22-20(21(28)16-9-11-17(23)12-10-16)24-26-27(22)18-5-3-2-4-6-18/h7-14,18,25H,2-6H2,1H3. The molecule has 1 saturated carbocycles. The van der Waals surface area contributed by atoms with E-state index in [1.54, 1.807) is 41.1 Å². The molecule has 1 fully saturated rings. The molecule has 1 aliphatic carbocycles. The van der Waals surface area contributed by atoms with Gasteiger partial charge in [0.2, 0.25) is 5.78 Å². The number of nitrogens with zero attached hydrogens (tertiary/aromatic N) is 3. The predicted molar refractivity (Wildman–Crippen MR) is 119 cm³/mol. The predicted octanol–water partition coefficient (Wildman–Crippen LogP) is 4.78. The van der Waals surface area contributed by atoms with Crippen molar-refractivity contribution >= 4 is 33.2 Å². The molecule has 1 N–H and O–H groups in total. The van der Waals surface area contributed by atoms with Crippen LogP contribution in [0.25, 0.3) is 0 Å². The van der Waals surface area contributed by atoms with Crippen LogP contribution in [-0.4, -0.2) is 29.2 Å². The van der Waals surface area contributed by atoms with E-state index < -0.39 is 15.8 Å². The first-order valence-corrected chi connectivity index (χ1v) is 12.1. The Labute approximate surface area is 186 Å². The van der Waals surface area contributed by atoms with E-state index in [2.05, 4.69) is 15.0 Å². The maximum absolute atomic E-state index is 13.1. The molecule has 0 aliphatic heterocycles. The number of anilines is 1. The van der Waals surface area contributed by atoms with Gasteiger partial charge in [-0.15, -0.1) is 5.10 Å². The minimum absolute atomic E-state index is 0.0104. The average Bonchev–Trinajstić information content (AvgIpc) is 3.17. The second-order valence-electron chi connectivity index (χ2n) is 7.78. The van der Waals surface area contributed by atoms with Crippen LogP contribution in [0.5, 0.6) is 0 Å². The Morgan fingerprint density at radius 3 is 2.32 bits per heavy atom. The number of nitrogens with one attached hydrogen (secondary N) is 1. The number of hydrogen-bond donors (Lipinski definition) is 1. The smallest absolute Gasteiger partial charge is 0.263 e. The summed E-state index contributed by atoms with van der Waals surface area (Å²) >= 11 is 5.93. The van der Waals surface area contributed by atoms with E-state index in [1.165, 1.54) is 12.1 Å². The van der Waals surface area contributed by atoms with E-state index in [0.29, 0.717) is 10.6 Å². The quantitative estimate of drug-likeness (QED) is 0.536. The zero-order valence-electron chi connectivity index (χ0n) is 17.1. The Hall–Kier alpha value is -2.71. The van der Waals surface area contributed by atoms with E-state index in [9.17, 15) is 13.2 Å². The molecule has 1 aromatic heterocycles. The van der Waals surface area contributed by atoms with Gasteiger partial charge >= 0.3 is 0 Å². The molecule has 7 nitrogen and oxygen atoms in total. The van der Waals surface area contributed by atoms with Crippen molar-refractivity contribution in [2.24, 2.45) is 0 Å². The highest BCUT2D eigenvalue weighted by molar-refractivity contribution is 7.92. The summed E-state index contributed by atoms with van der Waals surface area (Å²) in [5.74, 6) is -0.312. The van der Waals surface area contributed by atoms with Gasteiger partial charge < -0.3 is 0 Å². The van der Waals surface area contributed by atoms with Gasteiger partial charge in [0, 0.05) is 10.6 Å². The number of ketones is 1. The number of halogens is 1. The van der Waals surface area contributed by atoms with Crippen molar-refractivity contribution in [3.05, 3.63) is 70.4 Å². The van der Waals surface area contributed by atoms with E-state index in [0.717, 1.165) is 37.7 Å². The Balaban J connectivity index is 1.75. The van der Waals surface area contributed by atoms with Crippen LogP contribution in [-0.2, 0) is 10.0 Å². The van der Waals surface area contributed by atoms with Crippen LogP contribution in [0.4, 0.5) is 5.82 Å². The summed E-state index contributed by atoms with van der Waals surface area (Å²) in [6, 6.07) is 12.9. The number of carbonyl (C=O) groups is 1. The molecule has 0 bridgehead atoms. The zero-order chi connectivity index (χ0) is 22.0. The van der Waals surface area contributed by atoms with Gasteiger partial charge in [-0.2, -0.15) is 0 Å². The molecule has 0 unspecified atom stereocenters. The van der Waals surface area contributed by atoms with Crippen LogP contribution in [0.3, 0.4) is 0 Å². The van der Waals surface area contributed by atoms with E-state index in [4.69, 9.17) is 11.6 Å². The molecule has 0 amide bonds. The molecule has 31 heavy (non-hydrogen) atoms. The molecular formula is C22H23ClN4O3S. The van der Waals surface area contributed by atoms with Crippen LogP contribution in [0.15, 0.2) is 53.4 Å². The molecule has 0 spiro atoms. The summed E-state index contributed by atoms with van der Waals surface area (Å²) in [6.07, 6.45) is 4.89. The third kappa shape index (κ3) is 4.65. The maximum Gasteiger partial charge on any atom is 0.263 e. The van der Waals surface area contributed by atoms with Crippen molar-refractivity contribution < 1.29 is 13.2 Å². The van der Waals surface area contributed by atoms with Gasteiger partial charge in [-0.05, 0) is 56.2 Å². The fourth-order valence-corrected chi connectivity index (χ4v) is 4.95. The fraction of sp³-hybridized carbons (Fsp3) is 0.318. The lowest BCUT2D eigenvalue weighted by Crippen LogP contribution is -2.22. The van der Waals surface area contributed by atoms with Crippen molar-refractivity contribution in [2.75, 3.05) is 4.72 Å². The lowest BCUT2D eigenvalue weighted by atomic mass is 9.95. The number of hydrogen-bond acceptors (Lipinski definition) is 5. The summed E-state index contributed by atoms with van der Waals surface area (Å²) in [7, 11) is -3.93. The second-order valence-corrected chi connectivity index (χ2v) is 9.90. The fourth-order valence-electron chi connectivity index (χ4n) is 3.76. The third-order valence-electron chi connectivity index (χ3n) is 5.50. The van der Waals surface area contributed by atoms with Crippen LogP contribution in [0.1, 0.15) is 59.8 Å². The van der Waals surface area contributed by atoms with Gasteiger partial charge in [-0.3, -0.25) is 9.52 Å². The molecule has 1 heterocycles. The van der Waals surface area contributed by atoms with Gasteiger partial charge in [-0.25, -0.2) is 13.1 Å². The number of aromatic nitrogens is 3. The molecule has 1 aliphatic rings. The maximum atomic E-state index is 13.1. The molecule has 2 aromatic carbocycles. The molecule has 9 heteroatoms. The van der Waals surface area contributed by atoms with E-state index in [-0.39, 0.29) is 22.4 Å². The van der Waals surface area contributed by atoms with E-state index in [1.807, 2.05) is 6.92 Å². The lowest BCUT2D eigenvalue weighted by molar-refractivity contribution is 0.103. The highest BCUT2D eigenvalue weighted by atomic mass is 35.5. The van der Waals surface area contributed by atoms with Gasteiger partial charge in [-0.1, -0.05) is 53.8 Å². The number of sulfonamides is 1. The van der Waals surface area contributed by atoms with Crippen LogP contribution >= 0.6 is 11.6 Å². The van der Waals surface area contributed by atoms with E-state index >= 15 is 0 Å². The highest BCUT2D eigenvalue weighted by Gasteiger charge is 2.29. The molecule has 162 valence electrons. The monoisotopic (exact) mass is 458 g/mol. The van der Waals surface area contributed by atoms with Gasteiger partial charge in [0.15, 0.2) is 11.5 Å². The molecular weight excluding hydrogens is 436 g/mol. The molecule has 0 radical (unpaired) electrons. The van der Waals surface area contributed by atoms with Crippen molar-refractivity contribution in [1.82, 2.24) is 15.0 Å². The number of aryl methyl sites for hydroxylation is 1. The SMILES string of the molecule is Cc1ccc(S(=O)(=O)Nc2c(C(=O)c3ccc(Cl)cc3)nnn2C2CCCCC2)cc1. The Bertz CT molecular complexity index is 1180. The van der Waals surface area contributed by atoms with Crippen LogP contribution in [0, 0.1) is 6.92 Å². The Morgan fingerprint density at radius 1 is 1.03 bits per heavy atom. The summed E-state index contributed by atoms with van der Waals surface area (Å²) in [4.78, 5) is 13.3. The van der Waals surface area contributed by atoms with Crippen molar-refractivity contribution in [1.29, 1.82) is 0 Å². The molecule has 3 aromatic rings. The van der Waals surface area contributed by atoms with Gasteiger partial charge in [0.25, 0.3) is 10.0 Å². The Morgan fingerprint density at radius 2 is 1.68 bits per heavy atom. The largest absolute Gasteiger partial charge is 0.287 e. The van der Waals surface area contributed by atoms with Crippen molar-refractivity contribution in [2.45, 2.75) is 50.0 Å². The van der Waals surface area contributed by atoms with Gasteiger partial charge in [0.1, 0.15) is 0 Å². The lowest BCUT2D eigenvalue weighted by Gasteiger charge is -2.23. The number of benzene rings is 2. The normalized spacial score (nSPS) is 15.0. The first kappa shape index (κ1) is 21.5. The number of rotatable bonds is 6.